The number of amides is 1. The Morgan fingerprint density at radius 2 is 1.89 bits per heavy atom. The molecule has 0 spiro atoms. The Bertz CT molecular complexity index is 443. The lowest BCUT2D eigenvalue weighted by molar-refractivity contribution is -0.137. The summed E-state index contributed by atoms with van der Waals surface area (Å²) in [4.78, 5) is 24.7. The summed E-state index contributed by atoms with van der Waals surface area (Å²) < 4.78 is 0. The van der Waals surface area contributed by atoms with Crippen LogP contribution >= 0.6 is 0 Å². The van der Waals surface area contributed by atoms with E-state index in [9.17, 15) is 9.59 Å². The van der Waals surface area contributed by atoms with Crippen LogP contribution in [0.4, 0.5) is 0 Å². The average molecular weight is 263 g/mol. The van der Waals surface area contributed by atoms with E-state index in [1.165, 1.54) is 0 Å². The van der Waals surface area contributed by atoms with Crippen LogP contribution in [0, 0.1) is 6.92 Å². The van der Waals surface area contributed by atoms with Gasteiger partial charge < -0.3 is 10.0 Å². The molecule has 19 heavy (non-hydrogen) atoms. The quantitative estimate of drug-likeness (QED) is 0.823. The molecule has 104 valence electrons. The normalized spacial score (nSPS) is 10.2. The molecule has 0 saturated heterocycles. The van der Waals surface area contributed by atoms with E-state index in [0.29, 0.717) is 12.1 Å². The minimum atomic E-state index is -0.876. The molecule has 0 aromatic heterocycles. The summed E-state index contributed by atoms with van der Waals surface area (Å²) >= 11 is 0. The maximum absolute atomic E-state index is 12.4. The fourth-order valence-corrected chi connectivity index (χ4v) is 1.88. The summed E-state index contributed by atoms with van der Waals surface area (Å²) in [5.74, 6) is -0.952. The largest absolute Gasteiger partial charge is 0.481 e. The number of benzene rings is 1. The van der Waals surface area contributed by atoms with Crippen molar-refractivity contribution in [3.63, 3.8) is 0 Å². The van der Waals surface area contributed by atoms with E-state index < -0.39 is 5.97 Å². The van der Waals surface area contributed by atoms with Gasteiger partial charge in [0.2, 0.25) is 0 Å². The molecule has 1 N–H and O–H groups in total. The Kier molecular flexibility index (Phi) is 6.06. The second-order valence-electron chi connectivity index (χ2n) is 4.60. The molecule has 4 heteroatoms. The van der Waals surface area contributed by atoms with E-state index in [4.69, 9.17) is 5.11 Å². The summed E-state index contributed by atoms with van der Waals surface area (Å²) in [7, 11) is 0. The Labute approximate surface area is 114 Å². The van der Waals surface area contributed by atoms with Gasteiger partial charge in [0.1, 0.15) is 0 Å². The van der Waals surface area contributed by atoms with Gasteiger partial charge in [-0.3, -0.25) is 9.59 Å². The molecular formula is C15H21NO3. The minimum Gasteiger partial charge on any atom is -0.481 e. The monoisotopic (exact) mass is 263 g/mol. The zero-order chi connectivity index (χ0) is 14.3. The molecule has 0 radical (unpaired) electrons. The number of carbonyl (C=O) groups is 2. The highest BCUT2D eigenvalue weighted by Gasteiger charge is 2.17. The zero-order valence-corrected chi connectivity index (χ0v) is 11.6. The molecule has 0 heterocycles. The van der Waals surface area contributed by atoms with Crippen molar-refractivity contribution in [3.05, 3.63) is 35.4 Å². The van der Waals surface area contributed by atoms with Gasteiger partial charge in [-0.15, -0.1) is 0 Å². The molecule has 0 fully saturated rings. The number of carbonyl (C=O) groups excluding carboxylic acids is 1. The Balaban J connectivity index is 2.81. The molecule has 0 aliphatic carbocycles. The number of carboxylic acids is 1. The predicted octanol–water partition coefficient (Wildman–Crippen LogP) is 2.71. The number of hydrogen-bond donors (Lipinski definition) is 1. The van der Waals surface area contributed by atoms with E-state index in [2.05, 4.69) is 0 Å². The predicted molar refractivity (Wildman–Crippen MR) is 74.2 cm³/mol. The topological polar surface area (TPSA) is 57.6 Å². The van der Waals surface area contributed by atoms with Gasteiger partial charge in [-0.1, -0.05) is 31.5 Å². The first kappa shape index (κ1) is 15.2. The van der Waals surface area contributed by atoms with Crippen molar-refractivity contribution >= 4 is 11.9 Å². The maximum atomic E-state index is 12.4. The fourth-order valence-electron chi connectivity index (χ4n) is 1.88. The third kappa shape index (κ3) is 4.73. The van der Waals surface area contributed by atoms with Crippen molar-refractivity contribution in [3.8, 4) is 0 Å². The number of carboxylic acid groups (broad SMARTS) is 1. The molecule has 1 rings (SSSR count). The lowest BCUT2D eigenvalue weighted by Gasteiger charge is -2.22. The summed E-state index contributed by atoms with van der Waals surface area (Å²) in [6, 6.07) is 7.40. The van der Waals surface area contributed by atoms with E-state index in [0.717, 1.165) is 18.4 Å². The van der Waals surface area contributed by atoms with Crippen LogP contribution in [-0.2, 0) is 4.79 Å². The highest BCUT2D eigenvalue weighted by Crippen LogP contribution is 2.12. The first-order valence-electron chi connectivity index (χ1n) is 6.63. The number of aryl methyl sites for hydroxylation is 1. The van der Waals surface area contributed by atoms with Crippen LogP contribution in [0.1, 0.15) is 42.1 Å². The molecular weight excluding hydrogens is 242 g/mol. The highest BCUT2D eigenvalue weighted by molar-refractivity contribution is 5.95. The smallest absolute Gasteiger partial charge is 0.305 e. The van der Waals surface area contributed by atoms with Gasteiger partial charge in [0, 0.05) is 18.7 Å². The number of nitrogens with zero attached hydrogens (tertiary/aromatic N) is 1. The second kappa shape index (κ2) is 7.56. The van der Waals surface area contributed by atoms with Gasteiger partial charge in [0.25, 0.3) is 5.91 Å². The van der Waals surface area contributed by atoms with Crippen molar-refractivity contribution < 1.29 is 14.7 Å². The van der Waals surface area contributed by atoms with Gasteiger partial charge >= 0.3 is 5.97 Å². The molecule has 0 unspecified atom stereocenters. The van der Waals surface area contributed by atoms with Crippen molar-refractivity contribution in [1.29, 1.82) is 0 Å². The van der Waals surface area contributed by atoms with E-state index in [-0.39, 0.29) is 18.9 Å². The van der Waals surface area contributed by atoms with E-state index in [1.807, 2.05) is 32.0 Å². The third-order valence-corrected chi connectivity index (χ3v) is 3.04. The van der Waals surface area contributed by atoms with Crippen LogP contribution in [0.25, 0.3) is 0 Å². The van der Waals surface area contributed by atoms with E-state index >= 15 is 0 Å². The number of unbranched alkanes of at least 4 members (excludes halogenated alkanes) is 1. The summed E-state index contributed by atoms with van der Waals surface area (Å²) in [6.07, 6.45) is 1.85. The molecule has 4 nitrogen and oxygen atoms in total. The van der Waals surface area contributed by atoms with Crippen molar-refractivity contribution in [2.75, 3.05) is 13.1 Å². The van der Waals surface area contributed by atoms with Gasteiger partial charge in [0.05, 0.1) is 6.42 Å². The average Bonchev–Trinajstić information content (AvgIpc) is 2.38. The van der Waals surface area contributed by atoms with Gasteiger partial charge in [-0.25, -0.2) is 0 Å². The second-order valence-corrected chi connectivity index (χ2v) is 4.60. The molecule has 1 aromatic rings. The molecule has 0 aliphatic heterocycles. The number of rotatable bonds is 7. The molecule has 0 bridgehead atoms. The van der Waals surface area contributed by atoms with Crippen LogP contribution in [0.5, 0.6) is 0 Å². The van der Waals surface area contributed by atoms with Crippen molar-refractivity contribution in [1.82, 2.24) is 4.90 Å². The lowest BCUT2D eigenvalue weighted by Crippen LogP contribution is -2.34. The van der Waals surface area contributed by atoms with E-state index in [1.54, 1.807) is 11.0 Å². The van der Waals surface area contributed by atoms with Gasteiger partial charge in [0.15, 0.2) is 0 Å². The first-order chi connectivity index (χ1) is 9.06. The molecule has 0 atom stereocenters. The molecule has 1 amide bonds. The fraction of sp³-hybridized carbons (Fsp3) is 0.467. The minimum absolute atomic E-state index is 0.0126. The first-order valence-corrected chi connectivity index (χ1v) is 6.63. The zero-order valence-electron chi connectivity index (χ0n) is 11.6. The standard InChI is InChI=1S/C15H21NO3/c1-3-4-10-16(11-9-14(17)18)15(19)13-8-6-5-7-12(13)2/h5-8H,3-4,9-11H2,1-2H3,(H,17,18). The van der Waals surface area contributed by atoms with Gasteiger partial charge in [-0.2, -0.15) is 0 Å². The van der Waals surface area contributed by atoms with Crippen LogP contribution in [0.15, 0.2) is 24.3 Å². The Morgan fingerprint density at radius 3 is 2.47 bits per heavy atom. The van der Waals surface area contributed by atoms with Gasteiger partial charge in [-0.05, 0) is 25.0 Å². The van der Waals surface area contributed by atoms with Crippen molar-refractivity contribution in [2.45, 2.75) is 33.1 Å². The third-order valence-electron chi connectivity index (χ3n) is 3.04. The summed E-state index contributed by atoms with van der Waals surface area (Å²) in [5, 5.41) is 8.76. The number of aliphatic carboxylic acids is 1. The van der Waals surface area contributed by atoms with Crippen LogP contribution in [0.2, 0.25) is 0 Å². The van der Waals surface area contributed by atoms with Crippen LogP contribution in [-0.4, -0.2) is 35.0 Å². The van der Waals surface area contributed by atoms with Crippen LogP contribution < -0.4 is 0 Å². The Morgan fingerprint density at radius 1 is 1.21 bits per heavy atom. The van der Waals surface area contributed by atoms with Crippen molar-refractivity contribution in [2.24, 2.45) is 0 Å². The van der Waals surface area contributed by atoms with Crippen LogP contribution in [0.3, 0.4) is 0 Å². The molecule has 0 aliphatic rings. The summed E-state index contributed by atoms with van der Waals surface area (Å²) in [6.45, 7) is 4.81. The number of hydrogen-bond acceptors (Lipinski definition) is 2. The maximum Gasteiger partial charge on any atom is 0.305 e. The molecule has 0 saturated carbocycles. The molecule has 1 aromatic carbocycles. The summed E-state index contributed by atoms with van der Waals surface area (Å²) in [5.41, 5.74) is 1.58. The highest BCUT2D eigenvalue weighted by atomic mass is 16.4. The Hall–Kier alpha value is -1.84. The SMILES string of the molecule is CCCCN(CCC(=O)O)C(=O)c1ccccc1C. The lowest BCUT2D eigenvalue weighted by atomic mass is 10.1.